The molecule has 0 fully saturated rings. The van der Waals surface area contributed by atoms with Crippen LogP contribution in [0.15, 0.2) is 30.5 Å². The molecule has 0 aliphatic rings. The molecule has 0 atom stereocenters. The molecule has 0 saturated heterocycles. The molecule has 0 unspecified atom stereocenters. The van der Waals surface area contributed by atoms with Gasteiger partial charge in [0.1, 0.15) is 10.9 Å². The third-order valence-electron chi connectivity index (χ3n) is 2.55. The van der Waals surface area contributed by atoms with Gasteiger partial charge in [0, 0.05) is 22.3 Å². The highest BCUT2D eigenvalue weighted by Crippen LogP contribution is 2.34. The monoisotopic (exact) mass is 297 g/mol. The van der Waals surface area contributed by atoms with E-state index in [1.807, 2.05) is 0 Å². The van der Waals surface area contributed by atoms with Crippen LogP contribution < -0.4 is 4.74 Å². The van der Waals surface area contributed by atoms with E-state index in [4.69, 9.17) is 27.9 Å². The van der Waals surface area contributed by atoms with Gasteiger partial charge in [-0.3, -0.25) is 0 Å². The van der Waals surface area contributed by atoms with Gasteiger partial charge in [-0.05, 0) is 24.3 Å². The molecule has 2 rings (SSSR count). The average molecular weight is 298 g/mol. The largest absolute Gasteiger partial charge is 0.496 e. The van der Waals surface area contributed by atoms with Crippen molar-refractivity contribution in [2.75, 3.05) is 7.11 Å². The minimum absolute atomic E-state index is 0.0561. The Morgan fingerprint density at radius 3 is 2.63 bits per heavy atom. The topological polar surface area (TPSA) is 59.4 Å². The molecule has 6 heteroatoms. The highest BCUT2D eigenvalue weighted by atomic mass is 35.5. The molecule has 2 aromatic rings. The number of aromatic carboxylic acids is 1. The van der Waals surface area contributed by atoms with Gasteiger partial charge in [-0.1, -0.05) is 23.2 Å². The van der Waals surface area contributed by atoms with Crippen molar-refractivity contribution in [1.29, 1.82) is 0 Å². The van der Waals surface area contributed by atoms with Crippen LogP contribution in [0.5, 0.6) is 5.75 Å². The Hall–Kier alpha value is -1.78. The molecule has 4 nitrogen and oxygen atoms in total. The number of carbonyl (C=O) groups is 1. The lowest BCUT2D eigenvalue weighted by Crippen LogP contribution is -2.01. The quantitative estimate of drug-likeness (QED) is 0.876. The van der Waals surface area contributed by atoms with Gasteiger partial charge in [0.05, 0.1) is 12.7 Å². The number of carboxylic acid groups (broad SMARTS) is 1. The van der Waals surface area contributed by atoms with Crippen LogP contribution in [0.1, 0.15) is 10.4 Å². The predicted molar refractivity (Wildman–Crippen MR) is 73.2 cm³/mol. The van der Waals surface area contributed by atoms with Gasteiger partial charge in [0.15, 0.2) is 0 Å². The zero-order valence-electron chi connectivity index (χ0n) is 9.85. The summed E-state index contributed by atoms with van der Waals surface area (Å²) in [4.78, 5) is 15.2. The van der Waals surface area contributed by atoms with E-state index in [9.17, 15) is 9.90 Å². The minimum atomic E-state index is -1.09. The van der Waals surface area contributed by atoms with E-state index < -0.39 is 5.97 Å². The van der Waals surface area contributed by atoms with Gasteiger partial charge in [-0.2, -0.15) is 0 Å². The maximum atomic E-state index is 11.3. The summed E-state index contributed by atoms with van der Waals surface area (Å²) in [6.45, 7) is 0. The molecule has 0 amide bonds. The molecule has 0 aliphatic carbocycles. The first-order valence-electron chi connectivity index (χ1n) is 5.25. The first-order chi connectivity index (χ1) is 9.02. The van der Waals surface area contributed by atoms with Gasteiger partial charge in [0.25, 0.3) is 0 Å². The molecule has 0 spiro atoms. The van der Waals surface area contributed by atoms with Crippen LogP contribution in [-0.2, 0) is 0 Å². The summed E-state index contributed by atoms with van der Waals surface area (Å²) in [7, 11) is 1.49. The molecular weight excluding hydrogens is 289 g/mol. The molecule has 0 radical (unpaired) electrons. The lowest BCUT2D eigenvalue weighted by Gasteiger charge is -2.11. The maximum absolute atomic E-state index is 11.3. The first kappa shape index (κ1) is 13.6. The van der Waals surface area contributed by atoms with Crippen molar-refractivity contribution in [2.24, 2.45) is 0 Å². The molecule has 19 heavy (non-hydrogen) atoms. The van der Waals surface area contributed by atoms with E-state index in [0.29, 0.717) is 21.9 Å². The third kappa shape index (κ3) is 2.80. The van der Waals surface area contributed by atoms with Crippen molar-refractivity contribution in [3.05, 3.63) is 46.2 Å². The zero-order chi connectivity index (χ0) is 14.0. The number of methoxy groups -OCH3 is 1. The lowest BCUT2D eigenvalue weighted by molar-refractivity contribution is 0.0697. The number of carboxylic acids is 1. The van der Waals surface area contributed by atoms with E-state index in [1.165, 1.54) is 19.4 Å². The second-order valence-electron chi connectivity index (χ2n) is 3.70. The van der Waals surface area contributed by atoms with E-state index in [2.05, 4.69) is 4.98 Å². The van der Waals surface area contributed by atoms with Gasteiger partial charge in [0.2, 0.25) is 0 Å². The van der Waals surface area contributed by atoms with Crippen molar-refractivity contribution in [2.45, 2.75) is 0 Å². The van der Waals surface area contributed by atoms with Crippen LogP contribution in [0.4, 0.5) is 0 Å². The fraction of sp³-hybridized carbons (Fsp3) is 0.0769. The number of nitrogens with zero attached hydrogens (tertiary/aromatic N) is 1. The average Bonchev–Trinajstić information content (AvgIpc) is 2.38. The molecule has 0 aliphatic heterocycles. The Morgan fingerprint density at radius 2 is 2.00 bits per heavy atom. The fourth-order valence-corrected chi connectivity index (χ4v) is 2.03. The first-order valence-corrected chi connectivity index (χ1v) is 6.01. The summed E-state index contributed by atoms with van der Waals surface area (Å²) in [6, 6.07) is 6.24. The van der Waals surface area contributed by atoms with Crippen molar-refractivity contribution in [3.63, 3.8) is 0 Å². The Balaban J connectivity index is 2.68. The van der Waals surface area contributed by atoms with Crippen molar-refractivity contribution < 1.29 is 14.6 Å². The zero-order valence-corrected chi connectivity index (χ0v) is 11.4. The summed E-state index contributed by atoms with van der Waals surface area (Å²) in [5.41, 5.74) is 1.07. The molecule has 0 saturated carbocycles. The second-order valence-corrected chi connectivity index (χ2v) is 4.53. The molecule has 1 aromatic heterocycles. The number of hydrogen-bond donors (Lipinski definition) is 1. The van der Waals surface area contributed by atoms with Crippen molar-refractivity contribution in [3.8, 4) is 16.9 Å². The highest BCUT2D eigenvalue weighted by Gasteiger charge is 2.16. The van der Waals surface area contributed by atoms with Crippen molar-refractivity contribution in [1.82, 2.24) is 4.98 Å². The van der Waals surface area contributed by atoms with E-state index >= 15 is 0 Å². The summed E-state index contributed by atoms with van der Waals surface area (Å²) in [5, 5.41) is 9.84. The van der Waals surface area contributed by atoms with Gasteiger partial charge < -0.3 is 9.84 Å². The molecule has 1 aromatic carbocycles. The smallest absolute Gasteiger partial charge is 0.336 e. The third-order valence-corrected chi connectivity index (χ3v) is 3.00. The number of ether oxygens (including phenoxy) is 1. The molecule has 1 heterocycles. The normalized spacial score (nSPS) is 10.3. The number of pyridine rings is 1. The highest BCUT2D eigenvalue weighted by molar-refractivity contribution is 6.31. The Kier molecular flexibility index (Phi) is 3.93. The summed E-state index contributed by atoms with van der Waals surface area (Å²) < 4.78 is 5.21. The Labute approximate surface area is 119 Å². The van der Waals surface area contributed by atoms with E-state index in [1.54, 1.807) is 18.2 Å². The number of halogens is 2. The summed E-state index contributed by atoms with van der Waals surface area (Å²) in [6.07, 6.45) is 1.40. The van der Waals surface area contributed by atoms with Crippen LogP contribution in [0.3, 0.4) is 0 Å². The predicted octanol–water partition coefficient (Wildman–Crippen LogP) is 3.76. The van der Waals surface area contributed by atoms with Crippen LogP contribution in [0.2, 0.25) is 10.2 Å². The van der Waals surface area contributed by atoms with Crippen LogP contribution in [0.25, 0.3) is 11.1 Å². The number of aromatic nitrogens is 1. The molecule has 1 N–H and O–H groups in total. The number of hydrogen-bond acceptors (Lipinski definition) is 3. The minimum Gasteiger partial charge on any atom is -0.496 e. The summed E-state index contributed by atoms with van der Waals surface area (Å²) in [5.74, 6) is -0.615. The van der Waals surface area contributed by atoms with E-state index in [-0.39, 0.29) is 10.7 Å². The van der Waals surface area contributed by atoms with Crippen LogP contribution in [-0.4, -0.2) is 23.2 Å². The lowest BCUT2D eigenvalue weighted by atomic mass is 10.0. The molecular formula is C13H9Cl2NO3. The maximum Gasteiger partial charge on any atom is 0.336 e. The molecule has 0 bridgehead atoms. The van der Waals surface area contributed by atoms with Gasteiger partial charge >= 0.3 is 5.97 Å². The van der Waals surface area contributed by atoms with Crippen molar-refractivity contribution >= 4 is 29.2 Å². The summed E-state index contributed by atoms with van der Waals surface area (Å²) >= 11 is 11.6. The number of rotatable bonds is 3. The van der Waals surface area contributed by atoms with Crippen LogP contribution >= 0.6 is 23.2 Å². The number of benzene rings is 1. The molecule has 98 valence electrons. The van der Waals surface area contributed by atoms with Gasteiger partial charge in [-0.25, -0.2) is 9.78 Å². The second kappa shape index (κ2) is 5.47. The Bertz CT molecular complexity index is 644. The van der Waals surface area contributed by atoms with Gasteiger partial charge in [-0.15, -0.1) is 0 Å². The van der Waals surface area contributed by atoms with Crippen LogP contribution in [0, 0.1) is 0 Å². The fourth-order valence-electron chi connectivity index (χ4n) is 1.71. The standard InChI is InChI=1S/C13H9Cl2NO3/c1-19-11-4-7(14)2-3-8(11)10-6-16-12(15)5-9(10)13(17)18/h2-6H,1H3,(H,17,18). The Morgan fingerprint density at radius 1 is 1.26 bits per heavy atom. The van der Waals surface area contributed by atoms with E-state index in [0.717, 1.165) is 0 Å². The SMILES string of the molecule is COc1cc(Cl)ccc1-c1cnc(Cl)cc1C(=O)O.